The molecule has 0 spiro atoms. The topological polar surface area (TPSA) is 83.0 Å². The van der Waals surface area contributed by atoms with E-state index < -0.39 is 11.8 Å². The lowest BCUT2D eigenvalue weighted by atomic mass is 10.1. The molecule has 0 saturated heterocycles. The number of nitrogen functional groups attached to an aromatic ring is 1. The van der Waals surface area contributed by atoms with E-state index in [9.17, 15) is 9.18 Å². The SMILES string of the molecule is CCCCCCCCCOC(=O)c1c(N)n(-c2ccc(F)c(Cl)c2)c2nc3ccccc3nc12. The molecule has 178 valence electrons. The minimum atomic E-state index is -0.551. The largest absolute Gasteiger partial charge is 0.462 e. The Morgan fingerprint density at radius 1 is 1.03 bits per heavy atom. The van der Waals surface area contributed by atoms with Gasteiger partial charge < -0.3 is 10.5 Å². The van der Waals surface area contributed by atoms with Gasteiger partial charge in [-0.25, -0.2) is 19.2 Å². The lowest BCUT2D eigenvalue weighted by Crippen LogP contribution is -2.10. The number of anilines is 1. The van der Waals surface area contributed by atoms with Gasteiger partial charge >= 0.3 is 5.97 Å². The summed E-state index contributed by atoms with van der Waals surface area (Å²) in [5.74, 6) is -0.978. The molecule has 34 heavy (non-hydrogen) atoms. The second-order valence-corrected chi connectivity index (χ2v) is 8.74. The average Bonchev–Trinajstić information content (AvgIpc) is 3.11. The summed E-state index contributed by atoms with van der Waals surface area (Å²) in [6.45, 7) is 2.50. The van der Waals surface area contributed by atoms with Crippen LogP contribution in [-0.4, -0.2) is 27.1 Å². The number of carbonyl (C=O) groups excluding carboxylic acids is 1. The first-order valence-corrected chi connectivity index (χ1v) is 12.1. The van der Waals surface area contributed by atoms with E-state index in [2.05, 4.69) is 11.9 Å². The molecular formula is C26H28ClFN4O2. The number of nitrogens with two attached hydrogens (primary N) is 1. The first-order chi connectivity index (χ1) is 16.5. The van der Waals surface area contributed by atoms with E-state index in [1.54, 1.807) is 4.57 Å². The number of halogens is 2. The predicted molar refractivity (Wildman–Crippen MR) is 134 cm³/mol. The van der Waals surface area contributed by atoms with Gasteiger partial charge in [0.15, 0.2) is 5.65 Å². The van der Waals surface area contributed by atoms with Gasteiger partial charge in [0.05, 0.1) is 28.4 Å². The van der Waals surface area contributed by atoms with Crippen molar-refractivity contribution in [3.05, 3.63) is 58.9 Å². The minimum absolute atomic E-state index is 0.0597. The highest BCUT2D eigenvalue weighted by Gasteiger charge is 2.26. The second kappa shape index (κ2) is 10.8. The maximum atomic E-state index is 13.8. The average molecular weight is 483 g/mol. The number of hydrogen-bond donors (Lipinski definition) is 1. The fourth-order valence-electron chi connectivity index (χ4n) is 4.04. The Labute approximate surface area is 202 Å². The summed E-state index contributed by atoms with van der Waals surface area (Å²) in [5.41, 5.74) is 9.05. The molecule has 2 N–H and O–H groups in total. The molecule has 6 nitrogen and oxygen atoms in total. The Balaban J connectivity index is 1.64. The van der Waals surface area contributed by atoms with E-state index in [1.165, 1.54) is 43.9 Å². The van der Waals surface area contributed by atoms with Crippen molar-refractivity contribution in [1.82, 2.24) is 14.5 Å². The van der Waals surface area contributed by atoms with Crippen LogP contribution in [0.4, 0.5) is 10.2 Å². The zero-order chi connectivity index (χ0) is 24.1. The summed E-state index contributed by atoms with van der Waals surface area (Å²) in [6.07, 6.45) is 7.84. The molecule has 2 aromatic carbocycles. The normalized spacial score (nSPS) is 11.4. The lowest BCUT2D eigenvalue weighted by Gasteiger charge is -2.09. The van der Waals surface area contributed by atoms with Crippen LogP contribution in [-0.2, 0) is 4.74 Å². The molecule has 2 heterocycles. The zero-order valence-electron chi connectivity index (χ0n) is 19.2. The molecule has 0 aliphatic carbocycles. The number of benzene rings is 2. The Morgan fingerprint density at radius 2 is 1.71 bits per heavy atom. The number of fused-ring (bicyclic) bond motifs is 2. The first-order valence-electron chi connectivity index (χ1n) is 11.7. The van der Waals surface area contributed by atoms with Crippen LogP contribution in [0.3, 0.4) is 0 Å². The fourth-order valence-corrected chi connectivity index (χ4v) is 4.22. The third-order valence-corrected chi connectivity index (χ3v) is 6.13. The predicted octanol–water partition coefficient (Wildman–Crippen LogP) is 6.86. The third-order valence-electron chi connectivity index (χ3n) is 5.84. The van der Waals surface area contributed by atoms with Gasteiger partial charge in [0.25, 0.3) is 0 Å². The summed E-state index contributed by atoms with van der Waals surface area (Å²) >= 11 is 6.01. The quantitative estimate of drug-likeness (QED) is 0.197. The molecule has 0 radical (unpaired) electrons. The molecular weight excluding hydrogens is 455 g/mol. The monoisotopic (exact) mass is 482 g/mol. The van der Waals surface area contributed by atoms with Crippen LogP contribution < -0.4 is 5.73 Å². The fraction of sp³-hybridized carbons (Fsp3) is 0.346. The molecule has 0 bridgehead atoms. The molecule has 0 aliphatic heterocycles. The van der Waals surface area contributed by atoms with Gasteiger partial charge in [-0.15, -0.1) is 0 Å². The van der Waals surface area contributed by atoms with Crippen LogP contribution in [0.2, 0.25) is 5.02 Å². The second-order valence-electron chi connectivity index (χ2n) is 8.34. The number of unbranched alkanes of at least 4 members (excludes halogenated alkanes) is 6. The zero-order valence-corrected chi connectivity index (χ0v) is 19.9. The van der Waals surface area contributed by atoms with Gasteiger partial charge in [-0.1, -0.05) is 69.2 Å². The number of carbonyl (C=O) groups is 1. The van der Waals surface area contributed by atoms with E-state index >= 15 is 0 Å². The maximum Gasteiger partial charge on any atom is 0.344 e. The van der Waals surface area contributed by atoms with Crippen molar-refractivity contribution >= 4 is 45.6 Å². The van der Waals surface area contributed by atoms with Crippen LogP contribution in [0.1, 0.15) is 62.2 Å². The first kappa shape index (κ1) is 24.0. The number of para-hydroxylation sites is 2. The molecule has 0 aliphatic rings. The van der Waals surface area contributed by atoms with Crippen molar-refractivity contribution in [3.8, 4) is 5.69 Å². The molecule has 0 saturated carbocycles. The molecule has 0 unspecified atom stereocenters. The van der Waals surface area contributed by atoms with E-state index in [4.69, 9.17) is 27.1 Å². The van der Waals surface area contributed by atoms with Gasteiger partial charge in [0.2, 0.25) is 0 Å². The van der Waals surface area contributed by atoms with Gasteiger partial charge in [0.1, 0.15) is 22.7 Å². The van der Waals surface area contributed by atoms with E-state index in [1.807, 2.05) is 24.3 Å². The van der Waals surface area contributed by atoms with Crippen molar-refractivity contribution in [2.24, 2.45) is 0 Å². The van der Waals surface area contributed by atoms with Crippen molar-refractivity contribution in [2.45, 2.75) is 51.9 Å². The van der Waals surface area contributed by atoms with E-state index in [0.717, 1.165) is 19.3 Å². The molecule has 0 fully saturated rings. The van der Waals surface area contributed by atoms with E-state index in [-0.39, 0.29) is 16.4 Å². The maximum absolute atomic E-state index is 13.8. The molecule has 0 amide bonds. The Morgan fingerprint density at radius 3 is 2.41 bits per heavy atom. The van der Waals surface area contributed by atoms with Crippen molar-refractivity contribution in [2.75, 3.05) is 12.3 Å². The lowest BCUT2D eigenvalue weighted by molar-refractivity contribution is 0.0501. The highest BCUT2D eigenvalue weighted by Crippen LogP contribution is 2.32. The van der Waals surface area contributed by atoms with Crippen LogP contribution in [0.25, 0.3) is 27.9 Å². The summed E-state index contributed by atoms with van der Waals surface area (Å²) in [4.78, 5) is 22.4. The molecule has 2 aromatic heterocycles. The minimum Gasteiger partial charge on any atom is -0.462 e. The highest BCUT2D eigenvalue weighted by molar-refractivity contribution is 6.31. The van der Waals surface area contributed by atoms with Crippen molar-refractivity contribution in [1.29, 1.82) is 0 Å². The number of ether oxygens (including phenoxy) is 1. The Hall–Kier alpha value is -3.19. The van der Waals surface area contributed by atoms with Crippen LogP contribution in [0.15, 0.2) is 42.5 Å². The van der Waals surface area contributed by atoms with Crippen LogP contribution in [0, 0.1) is 5.82 Å². The number of esters is 1. The molecule has 4 rings (SSSR count). The molecule has 0 atom stereocenters. The van der Waals surface area contributed by atoms with Gasteiger partial charge in [0, 0.05) is 0 Å². The summed E-state index contributed by atoms with van der Waals surface area (Å²) in [6, 6.07) is 11.6. The number of hydrogen-bond acceptors (Lipinski definition) is 5. The smallest absolute Gasteiger partial charge is 0.344 e. The Kier molecular flexibility index (Phi) is 7.63. The Bertz CT molecular complexity index is 1320. The molecule has 4 aromatic rings. The van der Waals surface area contributed by atoms with Gasteiger partial charge in [-0.2, -0.15) is 0 Å². The number of aromatic nitrogens is 3. The van der Waals surface area contributed by atoms with Crippen molar-refractivity contribution < 1.29 is 13.9 Å². The van der Waals surface area contributed by atoms with Crippen LogP contribution in [0.5, 0.6) is 0 Å². The van der Waals surface area contributed by atoms with Gasteiger partial charge in [-0.3, -0.25) is 4.57 Å². The molecule has 8 heteroatoms. The van der Waals surface area contributed by atoms with Crippen LogP contribution >= 0.6 is 11.6 Å². The highest BCUT2D eigenvalue weighted by atomic mass is 35.5. The van der Waals surface area contributed by atoms with Crippen molar-refractivity contribution in [3.63, 3.8) is 0 Å². The number of nitrogens with zero attached hydrogens (tertiary/aromatic N) is 3. The summed E-state index contributed by atoms with van der Waals surface area (Å²) in [5, 5.41) is -0.0597. The third kappa shape index (κ3) is 4.99. The number of rotatable bonds is 10. The standard InChI is InChI=1S/C26H28ClFN4O2/c1-2-3-4-5-6-7-10-15-34-26(33)22-23-25(31-21-12-9-8-11-20(21)30-23)32(24(22)29)17-13-14-19(28)18(27)16-17/h8-9,11-14,16H,2-7,10,15,29H2,1H3. The van der Waals surface area contributed by atoms with Gasteiger partial charge in [-0.05, 0) is 36.8 Å². The summed E-state index contributed by atoms with van der Waals surface area (Å²) < 4.78 is 20.9. The van der Waals surface area contributed by atoms with E-state index in [0.29, 0.717) is 34.5 Å². The summed E-state index contributed by atoms with van der Waals surface area (Å²) in [7, 11) is 0.